The van der Waals surface area contributed by atoms with Crippen molar-refractivity contribution in [3.63, 3.8) is 0 Å². The standard InChI is InChI=1S/C12H22ClN3O2/c1-4-10-12(13)11(16(5-2)15-10)6-14-9(7-17)8-18-3/h9,14,17H,4-8H2,1-3H3. The average molecular weight is 276 g/mol. The zero-order valence-corrected chi connectivity index (χ0v) is 12.0. The van der Waals surface area contributed by atoms with Gasteiger partial charge in [-0.05, 0) is 13.3 Å². The van der Waals surface area contributed by atoms with E-state index in [9.17, 15) is 5.11 Å². The van der Waals surface area contributed by atoms with E-state index in [1.807, 2.05) is 18.5 Å². The van der Waals surface area contributed by atoms with Crippen LogP contribution in [-0.2, 0) is 24.2 Å². The van der Waals surface area contributed by atoms with Crippen LogP contribution in [0.3, 0.4) is 0 Å². The Bertz CT molecular complexity index is 368. The summed E-state index contributed by atoms with van der Waals surface area (Å²) in [6.07, 6.45) is 0.820. The number of halogens is 1. The van der Waals surface area contributed by atoms with Crippen molar-refractivity contribution in [2.75, 3.05) is 20.3 Å². The van der Waals surface area contributed by atoms with Gasteiger partial charge in [0.05, 0.1) is 35.7 Å². The minimum Gasteiger partial charge on any atom is -0.395 e. The summed E-state index contributed by atoms with van der Waals surface area (Å²) in [4.78, 5) is 0. The predicted octanol–water partition coefficient (Wildman–Crippen LogP) is 1.22. The number of hydrogen-bond acceptors (Lipinski definition) is 4. The number of methoxy groups -OCH3 is 1. The van der Waals surface area contributed by atoms with Gasteiger partial charge in [-0.15, -0.1) is 0 Å². The number of rotatable bonds is 8. The van der Waals surface area contributed by atoms with E-state index in [1.165, 1.54) is 0 Å². The van der Waals surface area contributed by atoms with Crippen LogP contribution in [0.15, 0.2) is 0 Å². The minimum atomic E-state index is -0.0867. The highest BCUT2D eigenvalue weighted by molar-refractivity contribution is 6.31. The smallest absolute Gasteiger partial charge is 0.0863 e. The monoisotopic (exact) mass is 275 g/mol. The third-order valence-electron chi connectivity index (χ3n) is 2.84. The van der Waals surface area contributed by atoms with E-state index in [1.54, 1.807) is 7.11 Å². The third-order valence-corrected chi connectivity index (χ3v) is 3.28. The number of aliphatic hydroxyl groups excluding tert-OH is 1. The lowest BCUT2D eigenvalue weighted by atomic mass is 10.2. The van der Waals surface area contributed by atoms with Crippen LogP contribution < -0.4 is 5.32 Å². The molecule has 1 atom stereocenters. The minimum absolute atomic E-state index is 0.0341. The molecule has 0 saturated heterocycles. The predicted molar refractivity (Wildman–Crippen MR) is 71.9 cm³/mol. The first-order valence-corrected chi connectivity index (χ1v) is 6.62. The molecular formula is C12H22ClN3O2. The maximum Gasteiger partial charge on any atom is 0.0863 e. The van der Waals surface area contributed by atoms with Crippen LogP contribution in [0.5, 0.6) is 0 Å². The van der Waals surface area contributed by atoms with Crippen molar-refractivity contribution in [3.05, 3.63) is 16.4 Å². The molecule has 1 aromatic heterocycles. The van der Waals surface area contributed by atoms with Crippen molar-refractivity contribution in [1.29, 1.82) is 0 Å². The number of aromatic nitrogens is 2. The second-order valence-corrected chi connectivity index (χ2v) is 4.47. The highest BCUT2D eigenvalue weighted by Gasteiger charge is 2.15. The van der Waals surface area contributed by atoms with Gasteiger partial charge in [-0.2, -0.15) is 5.10 Å². The van der Waals surface area contributed by atoms with Gasteiger partial charge in [0, 0.05) is 20.2 Å². The van der Waals surface area contributed by atoms with E-state index in [2.05, 4.69) is 10.4 Å². The van der Waals surface area contributed by atoms with Gasteiger partial charge in [0.25, 0.3) is 0 Å². The second-order valence-electron chi connectivity index (χ2n) is 4.09. The normalized spacial score (nSPS) is 12.9. The Morgan fingerprint density at radius 2 is 2.22 bits per heavy atom. The van der Waals surface area contributed by atoms with Crippen LogP contribution >= 0.6 is 11.6 Å². The SMILES string of the molecule is CCc1nn(CC)c(CNC(CO)COC)c1Cl. The third kappa shape index (κ3) is 3.68. The Balaban J connectivity index is 2.73. The summed E-state index contributed by atoms with van der Waals surface area (Å²) < 4.78 is 6.92. The van der Waals surface area contributed by atoms with E-state index >= 15 is 0 Å². The van der Waals surface area contributed by atoms with E-state index in [0.717, 1.165) is 29.4 Å². The summed E-state index contributed by atoms with van der Waals surface area (Å²) in [5.41, 5.74) is 1.88. The van der Waals surface area contributed by atoms with Crippen molar-refractivity contribution in [2.45, 2.75) is 39.4 Å². The van der Waals surface area contributed by atoms with E-state index < -0.39 is 0 Å². The van der Waals surface area contributed by atoms with Crippen molar-refractivity contribution in [1.82, 2.24) is 15.1 Å². The maximum atomic E-state index is 9.18. The Labute approximate surface area is 113 Å². The lowest BCUT2D eigenvalue weighted by molar-refractivity contribution is 0.127. The molecule has 104 valence electrons. The van der Waals surface area contributed by atoms with Crippen LogP contribution in [0.25, 0.3) is 0 Å². The molecule has 0 amide bonds. The summed E-state index contributed by atoms with van der Waals surface area (Å²) in [6.45, 7) is 5.93. The van der Waals surface area contributed by atoms with Crippen molar-refractivity contribution in [2.24, 2.45) is 0 Å². The van der Waals surface area contributed by atoms with Crippen LogP contribution in [0.2, 0.25) is 5.02 Å². The van der Waals surface area contributed by atoms with Gasteiger partial charge in [0.15, 0.2) is 0 Å². The topological polar surface area (TPSA) is 59.3 Å². The zero-order chi connectivity index (χ0) is 13.5. The largest absolute Gasteiger partial charge is 0.395 e. The Hall–Kier alpha value is -0.620. The number of aliphatic hydroxyl groups is 1. The molecule has 18 heavy (non-hydrogen) atoms. The van der Waals surface area contributed by atoms with E-state index in [0.29, 0.717) is 13.2 Å². The van der Waals surface area contributed by atoms with Gasteiger partial charge in [0.1, 0.15) is 0 Å². The molecule has 1 heterocycles. The Morgan fingerprint density at radius 3 is 2.72 bits per heavy atom. The molecule has 1 rings (SSSR count). The first-order valence-electron chi connectivity index (χ1n) is 6.25. The molecule has 0 radical (unpaired) electrons. The van der Waals surface area contributed by atoms with Crippen LogP contribution in [-0.4, -0.2) is 41.3 Å². The van der Waals surface area contributed by atoms with Crippen LogP contribution in [0.1, 0.15) is 25.2 Å². The van der Waals surface area contributed by atoms with Gasteiger partial charge in [0.2, 0.25) is 0 Å². The lowest BCUT2D eigenvalue weighted by Gasteiger charge is -2.15. The summed E-state index contributed by atoms with van der Waals surface area (Å²) in [5, 5.41) is 17.6. The molecule has 6 heteroatoms. The molecule has 0 fully saturated rings. The molecule has 0 aromatic carbocycles. The molecule has 0 bridgehead atoms. The summed E-state index contributed by atoms with van der Waals surface area (Å²) in [7, 11) is 1.61. The number of nitrogens with zero attached hydrogens (tertiary/aromatic N) is 2. The van der Waals surface area contributed by atoms with E-state index in [4.69, 9.17) is 16.3 Å². The molecule has 5 nitrogen and oxygen atoms in total. The fourth-order valence-electron chi connectivity index (χ4n) is 1.80. The first-order chi connectivity index (χ1) is 8.67. The first kappa shape index (κ1) is 15.4. The number of nitrogens with one attached hydrogen (secondary N) is 1. The van der Waals surface area contributed by atoms with Crippen LogP contribution in [0, 0.1) is 0 Å². The highest BCUT2D eigenvalue weighted by atomic mass is 35.5. The van der Waals surface area contributed by atoms with Gasteiger partial charge >= 0.3 is 0 Å². The summed E-state index contributed by atoms with van der Waals surface area (Å²) >= 11 is 6.30. The van der Waals surface area contributed by atoms with Gasteiger partial charge in [-0.3, -0.25) is 4.68 Å². The quantitative estimate of drug-likeness (QED) is 0.749. The molecule has 0 spiro atoms. The molecule has 0 aliphatic rings. The van der Waals surface area contributed by atoms with E-state index in [-0.39, 0.29) is 12.6 Å². The molecule has 1 unspecified atom stereocenters. The van der Waals surface area contributed by atoms with Gasteiger partial charge in [-0.1, -0.05) is 18.5 Å². The molecule has 0 saturated carbocycles. The summed E-state index contributed by atoms with van der Waals surface area (Å²) in [5.74, 6) is 0. The fourth-order valence-corrected chi connectivity index (χ4v) is 2.14. The number of aryl methyl sites for hydroxylation is 2. The van der Waals surface area contributed by atoms with Crippen molar-refractivity contribution in [3.8, 4) is 0 Å². The maximum absolute atomic E-state index is 9.18. The van der Waals surface area contributed by atoms with Crippen molar-refractivity contribution >= 4 is 11.6 Å². The molecular weight excluding hydrogens is 254 g/mol. The average Bonchev–Trinajstić information content (AvgIpc) is 2.70. The summed E-state index contributed by atoms with van der Waals surface area (Å²) in [6, 6.07) is -0.0867. The second kappa shape index (κ2) is 7.74. The van der Waals surface area contributed by atoms with Gasteiger partial charge < -0.3 is 15.2 Å². The fraction of sp³-hybridized carbons (Fsp3) is 0.750. The van der Waals surface area contributed by atoms with Crippen LogP contribution in [0.4, 0.5) is 0 Å². The molecule has 1 aromatic rings. The Kier molecular flexibility index (Phi) is 6.63. The van der Waals surface area contributed by atoms with Gasteiger partial charge in [-0.25, -0.2) is 0 Å². The highest BCUT2D eigenvalue weighted by Crippen LogP contribution is 2.21. The molecule has 2 N–H and O–H groups in total. The number of hydrogen-bond donors (Lipinski definition) is 2. The Morgan fingerprint density at radius 1 is 1.50 bits per heavy atom. The van der Waals surface area contributed by atoms with Crippen molar-refractivity contribution < 1.29 is 9.84 Å². The molecule has 0 aliphatic carbocycles. The lowest BCUT2D eigenvalue weighted by Crippen LogP contribution is -2.36. The number of ether oxygens (including phenoxy) is 1. The zero-order valence-electron chi connectivity index (χ0n) is 11.2. The molecule has 0 aliphatic heterocycles.